The first kappa shape index (κ1) is 21.5. The molecule has 2 rings (SSSR count). The van der Waals surface area contributed by atoms with Gasteiger partial charge >= 0.3 is 0 Å². The van der Waals surface area contributed by atoms with Gasteiger partial charge in [-0.3, -0.25) is 9.79 Å². The lowest BCUT2D eigenvalue weighted by molar-refractivity contribution is 0.0205. The van der Waals surface area contributed by atoms with E-state index in [4.69, 9.17) is 9.15 Å². The maximum atomic E-state index is 12.0. The normalized spacial score (nSPS) is 13.1. The second-order valence-electron chi connectivity index (χ2n) is 7.53. The SMILES string of the molecule is CN=C(NCc1ccc(NC(=O)c2ccco2)cc1)NCC(OC)C(C)(C)C. The molecule has 0 aliphatic carbocycles. The summed E-state index contributed by atoms with van der Waals surface area (Å²) in [7, 11) is 3.46. The molecule has 152 valence electrons. The highest BCUT2D eigenvalue weighted by Gasteiger charge is 2.24. The maximum absolute atomic E-state index is 12.0. The van der Waals surface area contributed by atoms with Crippen LogP contribution in [-0.4, -0.2) is 38.7 Å². The van der Waals surface area contributed by atoms with Crippen LogP contribution in [0.5, 0.6) is 0 Å². The third-order valence-corrected chi connectivity index (χ3v) is 4.35. The van der Waals surface area contributed by atoms with Gasteiger partial charge in [0.25, 0.3) is 5.91 Å². The van der Waals surface area contributed by atoms with Gasteiger partial charge in [0.1, 0.15) is 0 Å². The molecule has 0 saturated carbocycles. The van der Waals surface area contributed by atoms with Gasteiger partial charge < -0.3 is 25.1 Å². The number of aliphatic imine (C=N–C) groups is 1. The molecule has 7 heteroatoms. The zero-order valence-corrected chi connectivity index (χ0v) is 17.2. The average Bonchev–Trinajstić information content (AvgIpc) is 3.19. The number of ether oxygens (including phenoxy) is 1. The minimum Gasteiger partial charge on any atom is -0.459 e. The number of guanidine groups is 1. The molecule has 0 spiro atoms. The highest BCUT2D eigenvalue weighted by atomic mass is 16.5. The largest absolute Gasteiger partial charge is 0.459 e. The Bertz CT molecular complexity index is 762. The molecule has 1 amide bonds. The first-order valence-electron chi connectivity index (χ1n) is 9.24. The number of hydrogen-bond donors (Lipinski definition) is 3. The summed E-state index contributed by atoms with van der Waals surface area (Å²) in [5, 5.41) is 9.37. The lowest BCUT2D eigenvalue weighted by Gasteiger charge is -2.30. The third-order valence-electron chi connectivity index (χ3n) is 4.35. The van der Waals surface area contributed by atoms with Crippen LogP contribution >= 0.6 is 0 Å². The van der Waals surface area contributed by atoms with E-state index in [1.54, 1.807) is 26.3 Å². The smallest absolute Gasteiger partial charge is 0.291 e. The van der Waals surface area contributed by atoms with Crippen molar-refractivity contribution in [1.29, 1.82) is 0 Å². The number of hydrogen-bond acceptors (Lipinski definition) is 4. The van der Waals surface area contributed by atoms with Gasteiger partial charge in [-0.2, -0.15) is 0 Å². The van der Waals surface area contributed by atoms with Crippen molar-refractivity contribution in [3.63, 3.8) is 0 Å². The number of nitrogens with zero attached hydrogens (tertiary/aromatic N) is 1. The molecule has 28 heavy (non-hydrogen) atoms. The molecule has 0 aliphatic heterocycles. The molecule has 1 unspecified atom stereocenters. The van der Waals surface area contributed by atoms with Crippen molar-refractivity contribution in [2.45, 2.75) is 33.4 Å². The van der Waals surface area contributed by atoms with Crippen molar-refractivity contribution < 1.29 is 13.9 Å². The summed E-state index contributed by atoms with van der Waals surface area (Å²) in [5.74, 6) is 0.721. The highest BCUT2D eigenvalue weighted by molar-refractivity contribution is 6.02. The van der Waals surface area contributed by atoms with Crippen molar-refractivity contribution in [3.8, 4) is 0 Å². The minimum absolute atomic E-state index is 0.0382. The molecule has 0 saturated heterocycles. The molecule has 1 heterocycles. The first-order chi connectivity index (χ1) is 13.3. The number of anilines is 1. The summed E-state index contributed by atoms with van der Waals surface area (Å²) >= 11 is 0. The molecule has 7 nitrogen and oxygen atoms in total. The molecule has 1 atom stereocenters. The van der Waals surface area contributed by atoms with E-state index in [1.807, 2.05) is 24.3 Å². The quantitative estimate of drug-likeness (QED) is 0.502. The number of furan rings is 1. The van der Waals surface area contributed by atoms with E-state index in [0.717, 1.165) is 5.56 Å². The van der Waals surface area contributed by atoms with E-state index in [2.05, 4.69) is 41.7 Å². The van der Waals surface area contributed by atoms with Gasteiger partial charge in [0.05, 0.1) is 12.4 Å². The van der Waals surface area contributed by atoms with Gasteiger partial charge in [0, 0.05) is 32.9 Å². The summed E-state index contributed by atoms with van der Waals surface area (Å²) in [5.41, 5.74) is 1.81. The first-order valence-corrected chi connectivity index (χ1v) is 9.24. The van der Waals surface area contributed by atoms with Crippen LogP contribution in [0.25, 0.3) is 0 Å². The average molecular weight is 386 g/mol. The van der Waals surface area contributed by atoms with Gasteiger partial charge in [0.15, 0.2) is 11.7 Å². The molecule has 0 fully saturated rings. The van der Waals surface area contributed by atoms with Crippen LogP contribution in [0.15, 0.2) is 52.1 Å². The van der Waals surface area contributed by atoms with Crippen LogP contribution in [0.3, 0.4) is 0 Å². The second kappa shape index (κ2) is 9.94. The molecule has 0 bridgehead atoms. The van der Waals surface area contributed by atoms with Crippen molar-refractivity contribution in [2.24, 2.45) is 10.4 Å². The number of carbonyl (C=O) groups excluding carboxylic acids is 1. The number of amides is 1. The Balaban J connectivity index is 1.83. The molecule has 2 aromatic rings. The van der Waals surface area contributed by atoms with E-state index in [9.17, 15) is 4.79 Å². The molecular formula is C21H30N4O3. The van der Waals surface area contributed by atoms with Gasteiger partial charge in [0.2, 0.25) is 0 Å². The lowest BCUT2D eigenvalue weighted by atomic mass is 9.89. The Morgan fingerprint density at radius 1 is 1.18 bits per heavy atom. The maximum Gasteiger partial charge on any atom is 0.291 e. The Morgan fingerprint density at radius 2 is 1.89 bits per heavy atom. The molecule has 0 radical (unpaired) electrons. The Labute approximate surface area is 166 Å². The zero-order valence-electron chi connectivity index (χ0n) is 17.2. The lowest BCUT2D eigenvalue weighted by Crippen LogP contribution is -2.45. The fourth-order valence-corrected chi connectivity index (χ4v) is 2.65. The minimum atomic E-state index is -0.271. The Kier molecular flexibility index (Phi) is 7.63. The van der Waals surface area contributed by atoms with Crippen LogP contribution in [0.4, 0.5) is 5.69 Å². The molecule has 3 N–H and O–H groups in total. The van der Waals surface area contributed by atoms with E-state index < -0.39 is 0 Å². The summed E-state index contributed by atoms with van der Waals surface area (Å²) < 4.78 is 10.6. The Morgan fingerprint density at radius 3 is 2.43 bits per heavy atom. The monoisotopic (exact) mass is 386 g/mol. The van der Waals surface area contributed by atoms with Crippen LogP contribution in [0.2, 0.25) is 0 Å². The van der Waals surface area contributed by atoms with E-state index in [1.165, 1.54) is 6.26 Å². The standard InChI is InChI=1S/C21H30N4O3/c1-21(2,3)18(27-5)14-24-20(22-4)23-13-15-8-10-16(11-9-15)25-19(26)17-7-6-12-28-17/h6-12,18H,13-14H2,1-5H3,(H,25,26)(H2,22,23,24). The predicted molar refractivity (Wildman–Crippen MR) is 112 cm³/mol. The van der Waals surface area contributed by atoms with Crippen LogP contribution in [0.1, 0.15) is 36.9 Å². The van der Waals surface area contributed by atoms with E-state index in [-0.39, 0.29) is 23.2 Å². The predicted octanol–water partition coefficient (Wildman–Crippen LogP) is 3.26. The molecular weight excluding hydrogens is 356 g/mol. The summed E-state index contributed by atoms with van der Waals surface area (Å²) in [6.45, 7) is 7.71. The zero-order chi connectivity index (χ0) is 20.6. The van der Waals surface area contributed by atoms with Crippen LogP contribution in [0, 0.1) is 5.41 Å². The summed E-state index contributed by atoms with van der Waals surface area (Å²) in [6, 6.07) is 10.9. The molecule has 1 aromatic carbocycles. The third kappa shape index (κ3) is 6.42. The molecule has 1 aromatic heterocycles. The highest BCUT2D eigenvalue weighted by Crippen LogP contribution is 2.20. The topological polar surface area (TPSA) is 87.9 Å². The van der Waals surface area contributed by atoms with Gasteiger partial charge in [-0.15, -0.1) is 0 Å². The Hall–Kier alpha value is -2.80. The van der Waals surface area contributed by atoms with Crippen LogP contribution in [-0.2, 0) is 11.3 Å². The van der Waals surface area contributed by atoms with E-state index in [0.29, 0.717) is 24.7 Å². The van der Waals surface area contributed by atoms with Crippen molar-refractivity contribution in [1.82, 2.24) is 10.6 Å². The number of nitrogens with one attached hydrogen (secondary N) is 3. The van der Waals surface area contributed by atoms with Crippen molar-refractivity contribution >= 4 is 17.6 Å². The van der Waals surface area contributed by atoms with Gasteiger partial charge in [-0.1, -0.05) is 32.9 Å². The van der Waals surface area contributed by atoms with Crippen molar-refractivity contribution in [2.75, 3.05) is 26.0 Å². The summed E-state index contributed by atoms with van der Waals surface area (Å²) in [4.78, 5) is 16.2. The fraction of sp³-hybridized carbons (Fsp3) is 0.429. The van der Waals surface area contributed by atoms with Gasteiger partial charge in [-0.05, 0) is 35.2 Å². The summed E-state index contributed by atoms with van der Waals surface area (Å²) in [6.07, 6.45) is 1.55. The fourth-order valence-electron chi connectivity index (χ4n) is 2.65. The number of benzene rings is 1. The van der Waals surface area contributed by atoms with Gasteiger partial charge in [-0.25, -0.2) is 0 Å². The number of rotatable bonds is 7. The van der Waals surface area contributed by atoms with Crippen molar-refractivity contribution in [3.05, 3.63) is 54.0 Å². The molecule has 0 aliphatic rings. The van der Waals surface area contributed by atoms with E-state index >= 15 is 0 Å². The second-order valence-corrected chi connectivity index (χ2v) is 7.53. The van der Waals surface area contributed by atoms with Crippen LogP contribution < -0.4 is 16.0 Å². The number of methoxy groups -OCH3 is 1. The number of carbonyl (C=O) groups is 1.